The van der Waals surface area contributed by atoms with Crippen molar-refractivity contribution in [3.8, 4) is 17.6 Å². The smallest absolute Gasteiger partial charge is 0.338 e. The maximum Gasteiger partial charge on any atom is 0.338 e. The highest BCUT2D eigenvalue weighted by molar-refractivity contribution is 5.96. The van der Waals surface area contributed by atoms with Crippen LogP contribution in [0.4, 0.5) is 11.4 Å². The van der Waals surface area contributed by atoms with Crippen LogP contribution >= 0.6 is 0 Å². The molecule has 0 radical (unpaired) electrons. The van der Waals surface area contributed by atoms with Crippen molar-refractivity contribution in [1.29, 1.82) is 5.26 Å². The number of nitrogens with one attached hydrogen (secondary N) is 1. The van der Waals surface area contributed by atoms with E-state index in [9.17, 15) is 19.7 Å². The molecule has 1 amide bonds. The third-order valence-corrected chi connectivity index (χ3v) is 3.72. The SMILES string of the molecule is CCOc1ccc(C(=O)OCC(=O)Nc2ccc([N+](=O)[O-])cc2C#N)cc1OCC. The fourth-order valence-electron chi connectivity index (χ4n) is 2.43. The van der Waals surface area contributed by atoms with E-state index in [0.29, 0.717) is 24.7 Å². The lowest BCUT2D eigenvalue weighted by molar-refractivity contribution is -0.384. The quantitative estimate of drug-likeness (QED) is 0.376. The molecule has 0 aliphatic rings. The van der Waals surface area contributed by atoms with Crippen molar-refractivity contribution in [2.24, 2.45) is 0 Å². The molecule has 0 atom stereocenters. The molecule has 10 heteroatoms. The van der Waals surface area contributed by atoms with E-state index in [4.69, 9.17) is 19.5 Å². The van der Waals surface area contributed by atoms with Crippen LogP contribution in [0.2, 0.25) is 0 Å². The molecule has 10 nitrogen and oxygen atoms in total. The number of nitro groups is 1. The summed E-state index contributed by atoms with van der Waals surface area (Å²) >= 11 is 0. The van der Waals surface area contributed by atoms with Gasteiger partial charge in [0.15, 0.2) is 18.1 Å². The van der Waals surface area contributed by atoms with E-state index in [2.05, 4.69) is 5.32 Å². The summed E-state index contributed by atoms with van der Waals surface area (Å²) in [6.45, 7) is 3.80. The standard InChI is InChI=1S/C20H19N3O7/c1-3-28-17-8-5-13(10-18(17)29-4-2)20(25)30-12-19(24)22-16-7-6-15(23(26)27)9-14(16)11-21/h5-10H,3-4,12H2,1-2H3,(H,22,24). The zero-order valence-corrected chi connectivity index (χ0v) is 16.3. The number of rotatable bonds is 9. The first-order valence-electron chi connectivity index (χ1n) is 8.94. The van der Waals surface area contributed by atoms with E-state index >= 15 is 0 Å². The van der Waals surface area contributed by atoms with E-state index < -0.39 is 23.4 Å². The molecule has 156 valence electrons. The maximum absolute atomic E-state index is 12.2. The van der Waals surface area contributed by atoms with Gasteiger partial charge in [0, 0.05) is 12.1 Å². The van der Waals surface area contributed by atoms with Gasteiger partial charge in [0.25, 0.3) is 11.6 Å². The monoisotopic (exact) mass is 413 g/mol. The van der Waals surface area contributed by atoms with Crippen LogP contribution in [0.3, 0.4) is 0 Å². The largest absolute Gasteiger partial charge is 0.490 e. The fourth-order valence-corrected chi connectivity index (χ4v) is 2.43. The van der Waals surface area contributed by atoms with Gasteiger partial charge in [-0.05, 0) is 38.1 Å². The zero-order chi connectivity index (χ0) is 22.1. The zero-order valence-electron chi connectivity index (χ0n) is 16.3. The van der Waals surface area contributed by atoms with Gasteiger partial charge in [0.2, 0.25) is 0 Å². The summed E-state index contributed by atoms with van der Waals surface area (Å²) in [7, 11) is 0. The number of amides is 1. The number of nitrogens with zero attached hydrogens (tertiary/aromatic N) is 2. The molecule has 2 aromatic rings. The number of anilines is 1. The summed E-state index contributed by atoms with van der Waals surface area (Å²) in [4.78, 5) is 34.4. The second kappa shape index (κ2) is 10.4. The molecule has 0 heterocycles. The first kappa shape index (κ1) is 22.2. The van der Waals surface area contributed by atoms with Crippen LogP contribution < -0.4 is 14.8 Å². The van der Waals surface area contributed by atoms with Crippen LogP contribution in [0.1, 0.15) is 29.8 Å². The minimum atomic E-state index is -0.752. The summed E-state index contributed by atoms with van der Waals surface area (Å²) < 4.78 is 15.9. The van der Waals surface area contributed by atoms with Gasteiger partial charge in [0.05, 0.1) is 35.0 Å². The normalized spacial score (nSPS) is 9.90. The van der Waals surface area contributed by atoms with Crippen molar-refractivity contribution in [2.45, 2.75) is 13.8 Å². The van der Waals surface area contributed by atoms with Crippen molar-refractivity contribution < 1.29 is 28.7 Å². The van der Waals surface area contributed by atoms with E-state index in [1.165, 1.54) is 18.2 Å². The summed E-state index contributed by atoms with van der Waals surface area (Å²) in [5, 5.41) is 22.3. The Kier molecular flexibility index (Phi) is 7.70. The summed E-state index contributed by atoms with van der Waals surface area (Å²) in [5.74, 6) is -0.596. The Morgan fingerprint density at radius 2 is 1.80 bits per heavy atom. The highest BCUT2D eigenvalue weighted by Crippen LogP contribution is 2.29. The summed E-state index contributed by atoms with van der Waals surface area (Å²) in [6.07, 6.45) is 0. The highest BCUT2D eigenvalue weighted by Gasteiger charge is 2.16. The molecule has 2 rings (SSSR count). The molecule has 0 saturated carbocycles. The topological polar surface area (TPSA) is 141 Å². The van der Waals surface area contributed by atoms with Gasteiger partial charge in [-0.25, -0.2) is 4.79 Å². The van der Waals surface area contributed by atoms with Gasteiger partial charge in [0.1, 0.15) is 6.07 Å². The predicted molar refractivity (Wildman–Crippen MR) is 106 cm³/mol. The molecule has 0 fully saturated rings. The number of esters is 1. The first-order valence-corrected chi connectivity index (χ1v) is 8.94. The van der Waals surface area contributed by atoms with Crippen LogP contribution in [-0.2, 0) is 9.53 Å². The second-order valence-electron chi connectivity index (χ2n) is 5.75. The molecule has 0 aliphatic carbocycles. The van der Waals surface area contributed by atoms with E-state index in [-0.39, 0.29) is 22.5 Å². The number of benzene rings is 2. The number of non-ortho nitro benzene ring substituents is 1. The molecular weight excluding hydrogens is 394 g/mol. The van der Waals surface area contributed by atoms with Crippen LogP contribution in [0, 0.1) is 21.4 Å². The summed E-state index contributed by atoms with van der Waals surface area (Å²) in [6, 6.07) is 9.70. The minimum Gasteiger partial charge on any atom is -0.490 e. The molecule has 0 spiro atoms. The molecule has 1 N–H and O–H groups in total. The van der Waals surface area contributed by atoms with Crippen molar-refractivity contribution >= 4 is 23.3 Å². The number of carbonyl (C=O) groups excluding carboxylic acids is 2. The Balaban J connectivity index is 2.03. The molecule has 0 unspecified atom stereocenters. The summed E-state index contributed by atoms with van der Waals surface area (Å²) in [5.41, 5.74) is -0.125. The fraction of sp³-hybridized carbons (Fsp3) is 0.250. The minimum absolute atomic E-state index is 0.0730. The first-order chi connectivity index (χ1) is 14.4. The lowest BCUT2D eigenvalue weighted by Gasteiger charge is -2.12. The van der Waals surface area contributed by atoms with Gasteiger partial charge >= 0.3 is 5.97 Å². The van der Waals surface area contributed by atoms with Crippen molar-refractivity contribution in [3.05, 3.63) is 57.6 Å². The lowest BCUT2D eigenvalue weighted by Crippen LogP contribution is -2.21. The second-order valence-corrected chi connectivity index (χ2v) is 5.75. The predicted octanol–water partition coefficient (Wildman–Crippen LogP) is 3.06. The third kappa shape index (κ3) is 5.68. The maximum atomic E-state index is 12.2. The number of ether oxygens (including phenoxy) is 3. The van der Waals surface area contributed by atoms with E-state index in [1.54, 1.807) is 19.1 Å². The Hall–Kier alpha value is -4.13. The van der Waals surface area contributed by atoms with Crippen LogP contribution in [0.25, 0.3) is 0 Å². The van der Waals surface area contributed by atoms with Gasteiger partial charge in [-0.2, -0.15) is 5.26 Å². The average Bonchev–Trinajstić information content (AvgIpc) is 2.73. The molecule has 2 aromatic carbocycles. The molecule has 0 aromatic heterocycles. The molecule has 0 bridgehead atoms. The van der Waals surface area contributed by atoms with Gasteiger partial charge in [-0.1, -0.05) is 0 Å². The Labute approximate surface area is 172 Å². The number of nitro benzene ring substituents is 1. The lowest BCUT2D eigenvalue weighted by atomic mass is 10.1. The van der Waals surface area contributed by atoms with E-state index in [0.717, 1.165) is 12.1 Å². The molecular formula is C20H19N3O7. The van der Waals surface area contributed by atoms with Crippen molar-refractivity contribution in [1.82, 2.24) is 0 Å². The van der Waals surface area contributed by atoms with Crippen molar-refractivity contribution in [2.75, 3.05) is 25.1 Å². The van der Waals surface area contributed by atoms with Gasteiger partial charge in [-0.3, -0.25) is 14.9 Å². The Morgan fingerprint density at radius 3 is 2.43 bits per heavy atom. The van der Waals surface area contributed by atoms with Crippen LogP contribution in [0.5, 0.6) is 11.5 Å². The average molecular weight is 413 g/mol. The number of carbonyl (C=O) groups is 2. The third-order valence-electron chi connectivity index (χ3n) is 3.72. The number of nitriles is 1. The number of hydrogen-bond acceptors (Lipinski definition) is 8. The Bertz CT molecular complexity index is 998. The van der Waals surface area contributed by atoms with Crippen LogP contribution in [0.15, 0.2) is 36.4 Å². The highest BCUT2D eigenvalue weighted by atomic mass is 16.6. The number of hydrogen-bond donors (Lipinski definition) is 1. The molecule has 0 saturated heterocycles. The van der Waals surface area contributed by atoms with Gasteiger partial charge in [-0.15, -0.1) is 0 Å². The Morgan fingerprint density at radius 1 is 1.10 bits per heavy atom. The van der Waals surface area contributed by atoms with E-state index in [1.807, 2.05) is 6.92 Å². The van der Waals surface area contributed by atoms with Gasteiger partial charge < -0.3 is 19.5 Å². The van der Waals surface area contributed by atoms with Crippen molar-refractivity contribution in [3.63, 3.8) is 0 Å². The van der Waals surface area contributed by atoms with Crippen LogP contribution in [-0.4, -0.2) is 36.6 Å². The molecule has 30 heavy (non-hydrogen) atoms. The molecule has 0 aliphatic heterocycles.